The lowest BCUT2D eigenvalue weighted by Crippen LogP contribution is -2.31. The fourth-order valence-electron chi connectivity index (χ4n) is 2.27. The molecule has 0 aliphatic heterocycles. The molecule has 0 aromatic carbocycles. The Labute approximate surface area is 133 Å². The first-order chi connectivity index (χ1) is 9.91. The van der Waals surface area contributed by atoms with E-state index in [0.29, 0.717) is 5.69 Å². The van der Waals surface area contributed by atoms with Crippen molar-refractivity contribution in [2.45, 2.75) is 32.9 Å². The van der Waals surface area contributed by atoms with Crippen LogP contribution < -0.4 is 0 Å². The molecule has 5 heteroatoms. The van der Waals surface area contributed by atoms with Crippen molar-refractivity contribution < 1.29 is 4.79 Å². The highest BCUT2D eigenvalue weighted by atomic mass is 79.9. The minimum absolute atomic E-state index is 0.00483. The van der Waals surface area contributed by atoms with Crippen LogP contribution in [0.15, 0.2) is 41.3 Å². The van der Waals surface area contributed by atoms with E-state index < -0.39 is 0 Å². The highest BCUT2D eigenvalue weighted by Crippen LogP contribution is 2.24. The van der Waals surface area contributed by atoms with Crippen LogP contribution in [0.1, 0.15) is 48.9 Å². The number of rotatable bonds is 4. The van der Waals surface area contributed by atoms with Gasteiger partial charge in [-0.05, 0) is 60.5 Å². The van der Waals surface area contributed by atoms with E-state index in [9.17, 15) is 4.79 Å². The second kappa shape index (κ2) is 6.43. The van der Waals surface area contributed by atoms with Crippen molar-refractivity contribution in [3.63, 3.8) is 0 Å². The average Bonchev–Trinajstić information content (AvgIpc) is 2.88. The lowest BCUT2D eigenvalue weighted by Gasteiger charge is -2.26. The Morgan fingerprint density at radius 1 is 1.29 bits per heavy atom. The highest BCUT2D eigenvalue weighted by molar-refractivity contribution is 9.10. The summed E-state index contributed by atoms with van der Waals surface area (Å²) in [6, 6.07) is 5.98. The summed E-state index contributed by atoms with van der Waals surface area (Å²) in [5.41, 5.74) is 1.77. The molecule has 1 amide bonds. The summed E-state index contributed by atoms with van der Waals surface area (Å²) in [7, 11) is 1.83. The summed E-state index contributed by atoms with van der Waals surface area (Å²) in [5, 5.41) is 0. The van der Waals surface area contributed by atoms with Crippen LogP contribution in [0.25, 0.3) is 0 Å². The van der Waals surface area contributed by atoms with Crippen molar-refractivity contribution >= 4 is 21.8 Å². The van der Waals surface area contributed by atoms with Gasteiger partial charge >= 0.3 is 0 Å². The molecule has 0 bridgehead atoms. The fourth-order valence-corrected chi connectivity index (χ4v) is 2.70. The average molecular weight is 350 g/mol. The van der Waals surface area contributed by atoms with Gasteiger partial charge in [0, 0.05) is 36.2 Å². The van der Waals surface area contributed by atoms with Crippen LogP contribution in [0.2, 0.25) is 0 Å². The van der Waals surface area contributed by atoms with Gasteiger partial charge in [0.2, 0.25) is 0 Å². The number of carbonyl (C=O) groups is 1. The van der Waals surface area contributed by atoms with Crippen molar-refractivity contribution in [3.05, 3.63) is 52.5 Å². The predicted octanol–water partition coefficient (Wildman–Crippen LogP) is 4.06. The molecule has 2 heterocycles. The smallest absolute Gasteiger partial charge is 0.270 e. The standard InChI is InChI=1S/C16H20BrN3O/c1-11(2)20-10-14(17)9-15(20)16(21)19(4)12(3)13-5-7-18-8-6-13/h5-12H,1-4H3. The van der Waals surface area contributed by atoms with E-state index in [1.165, 1.54) is 0 Å². The Balaban J connectivity index is 2.27. The van der Waals surface area contributed by atoms with E-state index >= 15 is 0 Å². The molecule has 0 aliphatic carbocycles. The van der Waals surface area contributed by atoms with E-state index in [2.05, 4.69) is 34.8 Å². The summed E-state index contributed by atoms with van der Waals surface area (Å²) in [6.45, 7) is 6.15. The number of aromatic nitrogens is 2. The van der Waals surface area contributed by atoms with Crippen molar-refractivity contribution in [1.29, 1.82) is 0 Å². The maximum absolute atomic E-state index is 12.8. The molecule has 21 heavy (non-hydrogen) atoms. The molecule has 2 rings (SSSR count). The first-order valence-electron chi connectivity index (χ1n) is 6.96. The Morgan fingerprint density at radius 3 is 2.48 bits per heavy atom. The van der Waals surface area contributed by atoms with E-state index in [1.54, 1.807) is 17.3 Å². The summed E-state index contributed by atoms with van der Waals surface area (Å²) in [5.74, 6) is 0.0127. The monoisotopic (exact) mass is 349 g/mol. The largest absolute Gasteiger partial charge is 0.340 e. The molecule has 112 valence electrons. The Kier molecular flexibility index (Phi) is 4.83. The zero-order chi connectivity index (χ0) is 15.6. The van der Waals surface area contributed by atoms with Crippen LogP contribution in [0.3, 0.4) is 0 Å². The highest BCUT2D eigenvalue weighted by Gasteiger charge is 2.22. The Bertz CT molecular complexity index is 622. The molecular formula is C16H20BrN3O. The summed E-state index contributed by atoms with van der Waals surface area (Å²) in [6.07, 6.45) is 5.44. The topological polar surface area (TPSA) is 38.1 Å². The zero-order valence-corrected chi connectivity index (χ0v) is 14.3. The van der Waals surface area contributed by atoms with Gasteiger partial charge in [0.15, 0.2) is 0 Å². The molecule has 2 aromatic rings. The quantitative estimate of drug-likeness (QED) is 0.834. The Hall–Kier alpha value is -1.62. The number of amides is 1. The van der Waals surface area contributed by atoms with Crippen LogP contribution >= 0.6 is 15.9 Å². The van der Waals surface area contributed by atoms with Crippen molar-refractivity contribution in [2.75, 3.05) is 7.05 Å². The Morgan fingerprint density at radius 2 is 1.90 bits per heavy atom. The predicted molar refractivity (Wildman–Crippen MR) is 87.3 cm³/mol. The molecule has 0 spiro atoms. The molecule has 0 saturated carbocycles. The minimum atomic E-state index is -0.00483. The molecule has 0 fully saturated rings. The van der Waals surface area contributed by atoms with E-state index in [4.69, 9.17) is 0 Å². The second-order valence-corrected chi connectivity index (χ2v) is 6.33. The summed E-state index contributed by atoms with van der Waals surface area (Å²) >= 11 is 3.45. The van der Waals surface area contributed by atoms with Crippen LogP contribution in [-0.4, -0.2) is 27.4 Å². The van der Waals surface area contributed by atoms with Gasteiger partial charge in [0.25, 0.3) is 5.91 Å². The van der Waals surface area contributed by atoms with Crippen molar-refractivity contribution in [1.82, 2.24) is 14.5 Å². The number of halogens is 1. The third-order valence-corrected chi connectivity index (χ3v) is 4.11. The molecule has 0 N–H and O–H groups in total. The van der Waals surface area contributed by atoms with Gasteiger partial charge in [-0.3, -0.25) is 9.78 Å². The molecule has 0 saturated heterocycles. The molecule has 0 radical (unpaired) electrons. The third-order valence-electron chi connectivity index (χ3n) is 3.68. The first-order valence-corrected chi connectivity index (χ1v) is 7.75. The first kappa shape index (κ1) is 15.8. The van der Waals surface area contributed by atoms with Gasteiger partial charge in [-0.15, -0.1) is 0 Å². The molecule has 4 nitrogen and oxygen atoms in total. The molecular weight excluding hydrogens is 330 g/mol. The van der Waals surface area contributed by atoms with Crippen LogP contribution in [0.5, 0.6) is 0 Å². The molecule has 0 aliphatic rings. The van der Waals surface area contributed by atoms with Crippen LogP contribution in [-0.2, 0) is 0 Å². The van der Waals surface area contributed by atoms with Gasteiger partial charge in [-0.25, -0.2) is 0 Å². The second-order valence-electron chi connectivity index (χ2n) is 5.42. The van der Waals surface area contributed by atoms with Crippen molar-refractivity contribution in [3.8, 4) is 0 Å². The van der Waals surface area contributed by atoms with Gasteiger partial charge in [-0.1, -0.05) is 0 Å². The lowest BCUT2D eigenvalue weighted by molar-refractivity contribution is 0.0730. The molecule has 2 aromatic heterocycles. The maximum atomic E-state index is 12.8. The number of nitrogens with zero attached hydrogens (tertiary/aromatic N) is 3. The number of pyridine rings is 1. The van der Waals surface area contributed by atoms with E-state index in [0.717, 1.165) is 10.0 Å². The van der Waals surface area contributed by atoms with Gasteiger partial charge in [0.1, 0.15) is 5.69 Å². The van der Waals surface area contributed by atoms with Gasteiger partial charge in [0.05, 0.1) is 6.04 Å². The SMILES string of the molecule is CC(c1ccncc1)N(C)C(=O)c1cc(Br)cn1C(C)C. The zero-order valence-electron chi connectivity index (χ0n) is 12.7. The summed E-state index contributed by atoms with van der Waals surface area (Å²) in [4.78, 5) is 18.5. The fraction of sp³-hybridized carbons (Fsp3) is 0.375. The molecule has 1 atom stereocenters. The van der Waals surface area contributed by atoms with Gasteiger partial charge < -0.3 is 9.47 Å². The maximum Gasteiger partial charge on any atom is 0.270 e. The van der Waals surface area contributed by atoms with Crippen LogP contribution in [0, 0.1) is 0 Å². The number of hydrogen-bond donors (Lipinski definition) is 0. The normalized spacial score (nSPS) is 12.5. The van der Waals surface area contributed by atoms with E-state index in [1.807, 2.05) is 42.9 Å². The van der Waals surface area contributed by atoms with Crippen molar-refractivity contribution in [2.24, 2.45) is 0 Å². The summed E-state index contributed by atoms with van der Waals surface area (Å²) < 4.78 is 2.91. The molecule has 1 unspecified atom stereocenters. The third kappa shape index (κ3) is 3.35. The van der Waals surface area contributed by atoms with Crippen LogP contribution in [0.4, 0.5) is 0 Å². The lowest BCUT2D eigenvalue weighted by atomic mass is 10.1. The number of carbonyl (C=O) groups excluding carboxylic acids is 1. The minimum Gasteiger partial charge on any atom is -0.340 e. The van der Waals surface area contributed by atoms with E-state index in [-0.39, 0.29) is 18.0 Å². The number of hydrogen-bond acceptors (Lipinski definition) is 2. The van der Waals surface area contributed by atoms with Gasteiger partial charge in [-0.2, -0.15) is 0 Å².